The van der Waals surface area contributed by atoms with Gasteiger partial charge in [0.25, 0.3) is 0 Å². The molecule has 0 aliphatic carbocycles. The molecule has 3 N–H and O–H groups in total. The first kappa shape index (κ1) is 15.1. The Morgan fingerprint density at radius 1 is 1.00 bits per heavy atom. The molecule has 1 aromatic rings. The second-order valence-corrected chi connectivity index (χ2v) is 7.48. The van der Waals surface area contributed by atoms with Crippen molar-refractivity contribution in [3.8, 4) is 0 Å². The quantitative estimate of drug-likeness (QED) is 0.702. The fourth-order valence-electron chi connectivity index (χ4n) is 1.31. The Hall–Kier alpha value is -0.960. The van der Waals surface area contributed by atoms with E-state index in [0.29, 0.717) is 6.42 Å². The van der Waals surface area contributed by atoms with Crippen LogP contribution in [0.2, 0.25) is 0 Å². The van der Waals surface area contributed by atoms with Crippen LogP contribution >= 0.6 is 0 Å². The summed E-state index contributed by atoms with van der Waals surface area (Å²) in [5.74, 6) is -0.487. The molecule has 0 unspecified atom stereocenters. The van der Waals surface area contributed by atoms with E-state index in [2.05, 4.69) is 4.72 Å². The summed E-state index contributed by atoms with van der Waals surface area (Å²) in [4.78, 5) is 0. The zero-order valence-corrected chi connectivity index (χ0v) is 11.4. The number of hydrogen-bond donors (Lipinski definition) is 2. The number of rotatable bonds is 7. The van der Waals surface area contributed by atoms with Crippen LogP contribution in [0, 0.1) is 0 Å². The van der Waals surface area contributed by atoms with Crippen molar-refractivity contribution in [3.63, 3.8) is 0 Å². The lowest BCUT2D eigenvalue weighted by Crippen LogP contribution is -2.33. The number of hydrogen-bond acceptors (Lipinski definition) is 4. The van der Waals surface area contributed by atoms with Crippen LogP contribution < -0.4 is 9.86 Å². The van der Waals surface area contributed by atoms with Gasteiger partial charge in [-0.1, -0.05) is 30.3 Å². The summed E-state index contributed by atoms with van der Waals surface area (Å²) in [7, 11) is -7.11. The molecule has 0 saturated heterocycles. The van der Waals surface area contributed by atoms with Crippen molar-refractivity contribution in [2.45, 2.75) is 6.42 Å². The van der Waals surface area contributed by atoms with Crippen molar-refractivity contribution in [2.24, 2.45) is 5.14 Å². The molecule has 0 aliphatic rings. The molecule has 0 spiro atoms. The van der Waals surface area contributed by atoms with Gasteiger partial charge in [0.15, 0.2) is 0 Å². The van der Waals surface area contributed by atoms with Crippen molar-refractivity contribution in [1.82, 2.24) is 4.72 Å². The Morgan fingerprint density at radius 2 is 1.61 bits per heavy atom. The molecule has 0 fully saturated rings. The molecule has 102 valence electrons. The lowest BCUT2D eigenvalue weighted by atomic mass is 10.2. The van der Waals surface area contributed by atoms with Gasteiger partial charge in [-0.25, -0.2) is 26.7 Å². The first-order valence-corrected chi connectivity index (χ1v) is 8.67. The highest BCUT2D eigenvalue weighted by molar-refractivity contribution is 7.90. The molecule has 0 radical (unpaired) electrons. The second kappa shape index (κ2) is 6.28. The third-order valence-corrected chi connectivity index (χ3v) is 4.37. The number of nitrogens with one attached hydrogen (secondary N) is 1. The van der Waals surface area contributed by atoms with Crippen molar-refractivity contribution in [3.05, 3.63) is 35.9 Å². The van der Waals surface area contributed by atoms with Crippen LogP contribution in [0.4, 0.5) is 0 Å². The smallest absolute Gasteiger partial charge is 0.211 e. The summed E-state index contributed by atoms with van der Waals surface area (Å²) in [5.41, 5.74) is 0.911. The highest BCUT2D eigenvalue weighted by Gasteiger charge is 2.11. The predicted octanol–water partition coefficient (Wildman–Crippen LogP) is -0.563. The zero-order chi connectivity index (χ0) is 13.6. The third kappa shape index (κ3) is 6.70. The summed E-state index contributed by atoms with van der Waals surface area (Å²) in [6, 6.07) is 9.18. The van der Waals surface area contributed by atoms with Crippen LogP contribution in [-0.4, -0.2) is 34.9 Å². The number of aryl methyl sites for hydroxylation is 1. The summed E-state index contributed by atoms with van der Waals surface area (Å²) in [5, 5.41) is 4.77. The van der Waals surface area contributed by atoms with E-state index < -0.39 is 25.8 Å². The summed E-state index contributed by atoms with van der Waals surface area (Å²) >= 11 is 0. The summed E-state index contributed by atoms with van der Waals surface area (Å²) in [6.07, 6.45) is 0.381. The van der Waals surface area contributed by atoms with E-state index in [1.807, 2.05) is 30.3 Å². The fraction of sp³-hybridized carbons (Fsp3) is 0.400. The molecule has 0 saturated carbocycles. The van der Waals surface area contributed by atoms with Gasteiger partial charge in [0, 0.05) is 6.54 Å². The SMILES string of the molecule is NS(=O)(=O)CCNS(=O)(=O)CCc1ccccc1. The first-order chi connectivity index (χ1) is 8.29. The topological polar surface area (TPSA) is 106 Å². The molecule has 0 amide bonds. The maximum absolute atomic E-state index is 11.5. The minimum Gasteiger partial charge on any atom is -0.229 e. The first-order valence-electron chi connectivity index (χ1n) is 5.30. The van der Waals surface area contributed by atoms with E-state index in [9.17, 15) is 16.8 Å². The maximum atomic E-state index is 11.5. The Labute approximate surface area is 107 Å². The average Bonchev–Trinajstić information content (AvgIpc) is 2.26. The zero-order valence-electron chi connectivity index (χ0n) is 9.74. The fourth-order valence-corrected chi connectivity index (χ4v) is 2.89. The van der Waals surface area contributed by atoms with Crippen molar-refractivity contribution < 1.29 is 16.8 Å². The van der Waals surface area contributed by atoms with Crippen LogP contribution in [0.3, 0.4) is 0 Å². The predicted molar refractivity (Wildman–Crippen MR) is 69.9 cm³/mol. The van der Waals surface area contributed by atoms with Crippen molar-refractivity contribution >= 4 is 20.0 Å². The van der Waals surface area contributed by atoms with E-state index in [1.54, 1.807) is 0 Å². The Balaban J connectivity index is 2.41. The standard InChI is InChI=1S/C10H16N2O4S2/c11-17(13,14)9-7-12-18(15,16)8-6-10-4-2-1-3-5-10/h1-5,12H,6-9H2,(H2,11,13,14). The van der Waals surface area contributed by atoms with Crippen LogP contribution in [0.15, 0.2) is 30.3 Å². The summed E-state index contributed by atoms with van der Waals surface area (Å²) in [6.45, 7) is -0.198. The van der Waals surface area contributed by atoms with Gasteiger partial charge in [-0.2, -0.15) is 0 Å². The lowest BCUT2D eigenvalue weighted by molar-refractivity contribution is 0.580. The minimum absolute atomic E-state index is 0.0817. The van der Waals surface area contributed by atoms with Crippen LogP contribution in [0.25, 0.3) is 0 Å². The summed E-state index contributed by atoms with van der Waals surface area (Å²) < 4.78 is 46.6. The molecule has 0 aromatic heterocycles. The molecule has 1 aromatic carbocycles. The molecule has 8 heteroatoms. The Bertz CT molecular complexity index is 567. The lowest BCUT2D eigenvalue weighted by Gasteiger charge is -2.06. The van der Waals surface area contributed by atoms with Gasteiger partial charge in [-0.05, 0) is 12.0 Å². The second-order valence-electron chi connectivity index (χ2n) is 3.82. The highest BCUT2D eigenvalue weighted by atomic mass is 32.2. The van der Waals surface area contributed by atoms with E-state index in [0.717, 1.165) is 5.56 Å². The van der Waals surface area contributed by atoms with Crippen LogP contribution in [-0.2, 0) is 26.5 Å². The van der Waals surface area contributed by atoms with E-state index >= 15 is 0 Å². The Morgan fingerprint density at radius 3 is 2.17 bits per heavy atom. The van der Waals surface area contributed by atoms with Gasteiger partial charge in [0.05, 0.1) is 11.5 Å². The van der Waals surface area contributed by atoms with Crippen LogP contribution in [0.5, 0.6) is 0 Å². The maximum Gasteiger partial charge on any atom is 0.211 e. The molecule has 1 rings (SSSR count). The Kier molecular flexibility index (Phi) is 5.27. The van der Waals surface area contributed by atoms with Crippen molar-refractivity contribution in [2.75, 3.05) is 18.1 Å². The van der Waals surface area contributed by atoms with Crippen molar-refractivity contribution in [1.29, 1.82) is 0 Å². The van der Waals surface area contributed by atoms with Gasteiger partial charge in [0.2, 0.25) is 20.0 Å². The number of benzene rings is 1. The van der Waals surface area contributed by atoms with Gasteiger partial charge in [-0.3, -0.25) is 0 Å². The monoisotopic (exact) mass is 292 g/mol. The minimum atomic E-state index is -3.64. The van der Waals surface area contributed by atoms with Gasteiger partial charge < -0.3 is 0 Å². The van der Waals surface area contributed by atoms with E-state index in [-0.39, 0.29) is 12.3 Å². The molecule has 18 heavy (non-hydrogen) atoms. The molecular weight excluding hydrogens is 276 g/mol. The van der Waals surface area contributed by atoms with E-state index in [1.165, 1.54) is 0 Å². The molecule has 0 aliphatic heterocycles. The molecule has 0 heterocycles. The van der Waals surface area contributed by atoms with Crippen LogP contribution in [0.1, 0.15) is 5.56 Å². The van der Waals surface area contributed by atoms with Gasteiger partial charge in [0.1, 0.15) is 0 Å². The average molecular weight is 292 g/mol. The molecular formula is C10H16N2O4S2. The number of sulfonamides is 2. The molecule has 0 bridgehead atoms. The van der Waals surface area contributed by atoms with Gasteiger partial charge >= 0.3 is 0 Å². The molecule has 6 nitrogen and oxygen atoms in total. The van der Waals surface area contributed by atoms with Gasteiger partial charge in [-0.15, -0.1) is 0 Å². The molecule has 0 atom stereocenters. The largest absolute Gasteiger partial charge is 0.229 e. The third-order valence-electron chi connectivity index (χ3n) is 2.21. The normalized spacial score (nSPS) is 12.5. The number of primary sulfonamides is 1. The van der Waals surface area contributed by atoms with E-state index in [4.69, 9.17) is 5.14 Å². The highest BCUT2D eigenvalue weighted by Crippen LogP contribution is 2.01. The number of nitrogens with two attached hydrogens (primary N) is 1.